The second-order valence-corrected chi connectivity index (χ2v) is 6.39. The topological polar surface area (TPSA) is 88.3 Å². The average Bonchev–Trinajstić information content (AvgIpc) is 3.18. The van der Waals surface area contributed by atoms with Gasteiger partial charge in [0.15, 0.2) is 11.5 Å². The van der Waals surface area contributed by atoms with Crippen LogP contribution in [0.25, 0.3) is 11.3 Å². The molecule has 3 aromatic rings. The molecule has 0 bridgehead atoms. The van der Waals surface area contributed by atoms with E-state index in [9.17, 15) is 9.59 Å². The van der Waals surface area contributed by atoms with Gasteiger partial charge >= 0.3 is 0 Å². The minimum Gasteiger partial charge on any atom is -0.355 e. The van der Waals surface area contributed by atoms with Gasteiger partial charge in [-0.3, -0.25) is 14.6 Å². The lowest BCUT2D eigenvalue weighted by Crippen LogP contribution is -2.33. The molecule has 27 heavy (non-hydrogen) atoms. The van der Waals surface area contributed by atoms with Crippen molar-refractivity contribution in [2.75, 3.05) is 16.8 Å². The smallest absolute Gasteiger partial charge is 0.277 e. The van der Waals surface area contributed by atoms with E-state index in [1.54, 1.807) is 42.4 Å². The van der Waals surface area contributed by atoms with Gasteiger partial charge in [0.1, 0.15) is 0 Å². The van der Waals surface area contributed by atoms with Crippen LogP contribution in [0.15, 0.2) is 53.3 Å². The molecule has 7 nitrogen and oxygen atoms in total. The molecule has 136 valence electrons. The van der Waals surface area contributed by atoms with Crippen LogP contribution in [0.4, 0.5) is 11.4 Å². The number of amides is 2. The third-order valence-corrected chi connectivity index (χ3v) is 4.52. The Labute approximate surface area is 156 Å². The van der Waals surface area contributed by atoms with Gasteiger partial charge in [-0.25, -0.2) is 0 Å². The molecule has 0 fully saturated rings. The molecule has 7 heteroatoms. The summed E-state index contributed by atoms with van der Waals surface area (Å²) in [6.07, 6.45) is 5.09. The first kappa shape index (κ1) is 17.0. The lowest BCUT2D eigenvalue weighted by Gasteiger charge is -2.28. The van der Waals surface area contributed by atoms with Crippen molar-refractivity contribution in [1.82, 2.24) is 10.1 Å². The number of carbonyl (C=O) groups excluding carboxylic acids is 2. The molecule has 2 amide bonds. The number of anilines is 2. The Morgan fingerprint density at radius 1 is 1.22 bits per heavy atom. The van der Waals surface area contributed by atoms with Crippen molar-refractivity contribution in [2.45, 2.75) is 19.8 Å². The Bertz CT molecular complexity index is 997. The number of nitrogens with one attached hydrogen (secondary N) is 1. The van der Waals surface area contributed by atoms with E-state index in [-0.39, 0.29) is 17.5 Å². The minimum atomic E-state index is -0.354. The van der Waals surface area contributed by atoms with Crippen LogP contribution in [-0.2, 0) is 11.2 Å². The molecule has 1 N–H and O–H groups in total. The summed E-state index contributed by atoms with van der Waals surface area (Å²) in [4.78, 5) is 30.0. The highest BCUT2D eigenvalue weighted by atomic mass is 16.5. The first-order valence-electron chi connectivity index (χ1n) is 8.71. The summed E-state index contributed by atoms with van der Waals surface area (Å²) in [5.41, 5.74) is 3.56. The number of hydrogen-bond donors (Lipinski definition) is 1. The maximum atomic E-state index is 12.5. The fourth-order valence-electron chi connectivity index (χ4n) is 3.22. The number of aryl methyl sites for hydroxylation is 1. The normalized spacial score (nSPS) is 13.1. The van der Waals surface area contributed by atoms with E-state index in [0.717, 1.165) is 36.2 Å². The Kier molecular flexibility index (Phi) is 4.42. The maximum Gasteiger partial charge on any atom is 0.277 e. The monoisotopic (exact) mass is 362 g/mol. The largest absolute Gasteiger partial charge is 0.355 e. The molecular weight excluding hydrogens is 344 g/mol. The van der Waals surface area contributed by atoms with Crippen LogP contribution in [0.2, 0.25) is 0 Å². The van der Waals surface area contributed by atoms with Crippen molar-refractivity contribution in [1.29, 1.82) is 0 Å². The van der Waals surface area contributed by atoms with E-state index in [0.29, 0.717) is 11.4 Å². The third-order valence-electron chi connectivity index (χ3n) is 4.52. The molecule has 0 atom stereocenters. The molecule has 0 spiro atoms. The molecule has 1 aromatic carbocycles. The van der Waals surface area contributed by atoms with Gasteiger partial charge in [0, 0.05) is 48.9 Å². The average molecular weight is 362 g/mol. The standard InChI is InChI=1S/C20H18N4O3/c1-13(25)24-9-3-5-14-10-16(6-7-18(14)24)22-20(26)17-11-19(27-23-17)15-4-2-8-21-12-15/h2,4,6-8,10-12H,3,5,9H2,1H3,(H,22,26). The second kappa shape index (κ2) is 7.03. The summed E-state index contributed by atoms with van der Waals surface area (Å²) in [6.45, 7) is 2.29. The number of aromatic nitrogens is 2. The highest BCUT2D eigenvalue weighted by Gasteiger charge is 2.21. The Balaban J connectivity index is 1.52. The summed E-state index contributed by atoms with van der Waals surface area (Å²) in [5, 5.41) is 6.68. The fraction of sp³-hybridized carbons (Fsp3) is 0.200. The van der Waals surface area contributed by atoms with Crippen LogP contribution in [0.3, 0.4) is 0 Å². The van der Waals surface area contributed by atoms with Crippen LogP contribution in [0.5, 0.6) is 0 Å². The maximum absolute atomic E-state index is 12.5. The number of fused-ring (bicyclic) bond motifs is 1. The second-order valence-electron chi connectivity index (χ2n) is 6.39. The number of pyridine rings is 1. The number of rotatable bonds is 3. The number of hydrogen-bond acceptors (Lipinski definition) is 5. The predicted molar refractivity (Wildman–Crippen MR) is 100 cm³/mol. The zero-order chi connectivity index (χ0) is 18.8. The minimum absolute atomic E-state index is 0.0262. The van der Waals surface area contributed by atoms with Gasteiger partial charge in [0.2, 0.25) is 5.91 Å². The predicted octanol–water partition coefficient (Wildman–Crippen LogP) is 3.29. The molecule has 4 rings (SSSR count). The Morgan fingerprint density at radius 2 is 2.11 bits per heavy atom. The molecule has 1 aliphatic rings. The highest BCUT2D eigenvalue weighted by Crippen LogP contribution is 2.30. The highest BCUT2D eigenvalue weighted by molar-refractivity contribution is 6.03. The molecule has 0 aliphatic carbocycles. The quantitative estimate of drug-likeness (QED) is 0.772. The van der Waals surface area contributed by atoms with Gasteiger partial charge in [0.05, 0.1) is 0 Å². The van der Waals surface area contributed by atoms with E-state index >= 15 is 0 Å². The summed E-state index contributed by atoms with van der Waals surface area (Å²) in [6, 6.07) is 10.8. The van der Waals surface area contributed by atoms with Gasteiger partial charge in [-0.15, -0.1) is 0 Å². The molecule has 3 heterocycles. The SMILES string of the molecule is CC(=O)N1CCCc2cc(NC(=O)c3cc(-c4cccnc4)on3)ccc21. The lowest BCUT2D eigenvalue weighted by atomic mass is 10.0. The summed E-state index contributed by atoms with van der Waals surface area (Å²) >= 11 is 0. The molecule has 0 saturated heterocycles. The molecule has 2 aromatic heterocycles. The van der Waals surface area contributed by atoms with Gasteiger partial charge in [-0.2, -0.15) is 0 Å². The summed E-state index contributed by atoms with van der Waals surface area (Å²) < 4.78 is 5.25. The van der Waals surface area contributed by atoms with E-state index < -0.39 is 0 Å². The van der Waals surface area contributed by atoms with E-state index in [2.05, 4.69) is 15.5 Å². The van der Waals surface area contributed by atoms with E-state index in [1.165, 1.54) is 0 Å². The lowest BCUT2D eigenvalue weighted by molar-refractivity contribution is -0.116. The van der Waals surface area contributed by atoms with Crippen LogP contribution in [-0.4, -0.2) is 28.5 Å². The van der Waals surface area contributed by atoms with Crippen LogP contribution >= 0.6 is 0 Å². The molecule has 0 saturated carbocycles. The Morgan fingerprint density at radius 3 is 2.89 bits per heavy atom. The van der Waals surface area contributed by atoms with Gasteiger partial charge in [-0.1, -0.05) is 5.16 Å². The number of benzene rings is 1. The van der Waals surface area contributed by atoms with E-state index in [4.69, 9.17) is 4.52 Å². The van der Waals surface area contributed by atoms with Crippen molar-refractivity contribution < 1.29 is 14.1 Å². The molecule has 0 unspecified atom stereocenters. The fourth-order valence-corrected chi connectivity index (χ4v) is 3.22. The van der Waals surface area contributed by atoms with Crippen molar-refractivity contribution in [3.05, 3.63) is 60.0 Å². The summed E-state index contributed by atoms with van der Waals surface area (Å²) in [7, 11) is 0. The molecular formula is C20H18N4O3. The van der Waals surface area contributed by atoms with Gasteiger partial charge in [0.25, 0.3) is 5.91 Å². The zero-order valence-corrected chi connectivity index (χ0v) is 14.8. The van der Waals surface area contributed by atoms with Gasteiger partial charge in [-0.05, 0) is 48.7 Å². The number of carbonyl (C=O) groups is 2. The zero-order valence-electron chi connectivity index (χ0n) is 14.8. The first-order valence-corrected chi connectivity index (χ1v) is 8.71. The summed E-state index contributed by atoms with van der Waals surface area (Å²) in [5.74, 6) is 0.155. The first-order chi connectivity index (χ1) is 13.1. The van der Waals surface area contributed by atoms with Crippen molar-refractivity contribution >= 4 is 23.2 Å². The van der Waals surface area contributed by atoms with Crippen molar-refractivity contribution in [3.8, 4) is 11.3 Å². The Hall–Kier alpha value is -3.48. The molecule has 1 aliphatic heterocycles. The van der Waals surface area contributed by atoms with Crippen molar-refractivity contribution in [3.63, 3.8) is 0 Å². The number of nitrogens with zero attached hydrogens (tertiary/aromatic N) is 3. The van der Waals surface area contributed by atoms with Gasteiger partial charge < -0.3 is 14.7 Å². The van der Waals surface area contributed by atoms with Crippen LogP contribution in [0, 0.1) is 0 Å². The van der Waals surface area contributed by atoms with Crippen molar-refractivity contribution in [2.24, 2.45) is 0 Å². The van der Waals surface area contributed by atoms with E-state index in [1.807, 2.05) is 18.2 Å². The van der Waals surface area contributed by atoms with Crippen LogP contribution < -0.4 is 10.2 Å². The van der Waals surface area contributed by atoms with Crippen LogP contribution in [0.1, 0.15) is 29.4 Å². The molecule has 0 radical (unpaired) electrons. The third kappa shape index (κ3) is 3.44.